The van der Waals surface area contributed by atoms with E-state index in [0.717, 1.165) is 44.7 Å². The van der Waals surface area contributed by atoms with Crippen molar-refractivity contribution in [2.24, 2.45) is 11.7 Å². The van der Waals surface area contributed by atoms with Gasteiger partial charge in [0.05, 0.1) is 6.61 Å². The van der Waals surface area contributed by atoms with E-state index in [2.05, 4.69) is 36.9 Å². The maximum absolute atomic E-state index is 5.95. The predicted octanol–water partition coefficient (Wildman–Crippen LogP) is 3.04. The Morgan fingerprint density at radius 3 is 2.74 bits per heavy atom. The number of piperidine rings is 1. The number of nitrogens with two attached hydrogens (primary N) is 1. The summed E-state index contributed by atoms with van der Waals surface area (Å²) in [7, 11) is 0. The smallest absolute Gasteiger partial charge is 0.121 e. The van der Waals surface area contributed by atoms with Crippen LogP contribution in [0.25, 0.3) is 0 Å². The van der Waals surface area contributed by atoms with E-state index in [4.69, 9.17) is 10.5 Å². The highest BCUT2D eigenvalue weighted by Crippen LogP contribution is 2.24. The molecule has 0 unspecified atom stereocenters. The van der Waals surface area contributed by atoms with Crippen LogP contribution in [0.2, 0.25) is 0 Å². The van der Waals surface area contributed by atoms with Crippen molar-refractivity contribution < 1.29 is 4.74 Å². The number of benzene rings is 1. The summed E-state index contributed by atoms with van der Waals surface area (Å²) < 4.78 is 5.82. The fraction of sp³-hybridized carbons (Fsp3) is 0.625. The second-order valence-electron chi connectivity index (χ2n) is 5.85. The molecule has 1 heterocycles. The molecule has 0 aromatic heterocycles. The van der Waals surface area contributed by atoms with Gasteiger partial charge in [0, 0.05) is 30.9 Å². The van der Waals surface area contributed by atoms with Gasteiger partial charge in [-0.05, 0) is 37.3 Å². The standard InChI is InChI=1S/C16H26N2O/c1-13(2)8-11-19-16-5-3-4-15(12-16)18-9-6-14(17)7-10-18/h3-5,12-14H,6-11,17H2,1-2H3. The summed E-state index contributed by atoms with van der Waals surface area (Å²) >= 11 is 0. The molecule has 0 radical (unpaired) electrons. The van der Waals surface area contributed by atoms with Gasteiger partial charge in [0.1, 0.15) is 5.75 Å². The van der Waals surface area contributed by atoms with Gasteiger partial charge in [-0.15, -0.1) is 0 Å². The minimum absolute atomic E-state index is 0.377. The summed E-state index contributed by atoms with van der Waals surface area (Å²) in [6.45, 7) is 7.34. The molecule has 0 saturated carbocycles. The third kappa shape index (κ3) is 4.43. The fourth-order valence-electron chi connectivity index (χ4n) is 2.34. The molecular weight excluding hydrogens is 236 g/mol. The maximum atomic E-state index is 5.95. The summed E-state index contributed by atoms with van der Waals surface area (Å²) in [5.41, 5.74) is 7.21. The van der Waals surface area contributed by atoms with Crippen molar-refractivity contribution in [2.75, 3.05) is 24.6 Å². The zero-order valence-electron chi connectivity index (χ0n) is 12.1. The van der Waals surface area contributed by atoms with Gasteiger partial charge in [0.25, 0.3) is 0 Å². The van der Waals surface area contributed by atoms with Crippen LogP contribution in [0.4, 0.5) is 5.69 Å². The highest BCUT2D eigenvalue weighted by Gasteiger charge is 2.16. The average Bonchev–Trinajstić information content (AvgIpc) is 2.39. The Labute approximate surface area is 116 Å². The van der Waals surface area contributed by atoms with E-state index in [9.17, 15) is 0 Å². The molecule has 2 N–H and O–H groups in total. The Balaban J connectivity index is 1.91. The highest BCUT2D eigenvalue weighted by atomic mass is 16.5. The SMILES string of the molecule is CC(C)CCOc1cccc(N2CCC(N)CC2)c1. The first-order valence-electron chi connectivity index (χ1n) is 7.38. The fourth-order valence-corrected chi connectivity index (χ4v) is 2.34. The summed E-state index contributed by atoms with van der Waals surface area (Å²) in [6.07, 6.45) is 3.26. The van der Waals surface area contributed by atoms with E-state index in [1.807, 2.05) is 6.07 Å². The van der Waals surface area contributed by atoms with Crippen LogP contribution in [0.1, 0.15) is 33.1 Å². The van der Waals surface area contributed by atoms with Crippen LogP contribution in [0, 0.1) is 5.92 Å². The lowest BCUT2D eigenvalue weighted by molar-refractivity contribution is 0.289. The first kappa shape index (κ1) is 14.2. The number of ether oxygens (including phenoxy) is 1. The van der Waals surface area contributed by atoms with Gasteiger partial charge in [-0.2, -0.15) is 0 Å². The molecule has 1 aliphatic heterocycles. The van der Waals surface area contributed by atoms with Crippen LogP contribution in [0.3, 0.4) is 0 Å². The summed E-state index contributed by atoms with van der Waals surface area (Å²) in [6, 6.07) is 8.80. The zero-order chi connectivity index (χ0) is 13.7. The molecule has 0 aliphatic carbocycles. The van der Waals surface area contributed by atoms with E-state index >= 15 is 0 Å². The first-order valence-corrected chi connectivity index (χ1v) is 7.38. The number of rotatable bonds is 5. The van der Waals surface area contributed by atoms with Crippen LogP contribution in [0.15, 0.2) is 24.3 Å². The van der Waals surface area contributed by atoms with Crippen LogP contribution in [-0.4, -0.2) is 25.7 Å². The summed E-state index contributed by atoms with van der Waals surface area (Å²) in [5.74, 6) is 1.67. The predicted molar refractivity (Wildman–Crippen MR) is 80.8 cm³/mol. The zero-order valence-corrected chi connectivity index (χ0v) is 12.1. The number of nitrogens with zero attached hydrogens (tertiary/aromatic N) is 1. The molecule has 1 fully saturated rings. The molecule has 2 rings (SSSR count). The van der Waals surface area contributed by atoms with Crippen molar-refractivity contribution >= 4 is 5.69 Å². The van der Waals surface area contributed by atoms with Crippen molar-refractivity contribution in [3.05, 3.63) is 24.3 Å². The molecule has 1 aliphatic rings. The molecule has 1 aromatic carbocycles. The molecule has 106 valence electrons. The van der Waals surface area contributed by atoms with Crippen molar-refractivity contribution in [3.63, 3.8) is 0 Å². The Hall–Kier alpha value is -1.22. The molecule has 0 atom stereocenters. The molecule has 1 saturated heterocycles. The molecule has 3 heteroatoms. The average molecular weight is 262 g/mol. The van der Waals surface area contributed by atoms with Crippen molar-refractivity contribution in [1.29, 1.82) is 0 Å². The van der Waals surface area contributed by atoms with E-state index < -0.39 is 0 Å². The van der Waals surface area contributed by atoms with Crippen molar-refractivity contribution in [2.45, 2.75) is 39.2 Å². The molecule has 0 spiro atoms. The third-order valence-electron chi connectivity index (χ3n) is 3.69. The molecular formula is C16H26N2O. The van der Waals surface area contributed by atoms with Gasteiger partial charge >= 0.3 is 0 Å². The highest BCUT2D eigenvalue weighted by molar-refractivity contribution is 5.51. The third-order valence-corrected chi connectivity index (χ3v) is 3.69. The second-order valence-corrected chi connectivity index (χ2v) is 5.85. The van der Waals surface area contributed by atoms with Gasteiger partial charge in [-0.1, -0.05) is 19.9 Å². The topological polar surface area (TPSA) is 38.5 Å². The molecule has 0 bridgehead atoms. The van der Waals surface area contributed by atoms with Gasteiger partial charge in [-0.3, -0.25) is 0 Å². The molecule has 3 nitrogen and oxygen atoms in total. The van der Waals surface area contributed by atoms with Crippen molar-refractivity contribution in [1.82, 2.24) is 0 Å². The largest absolute Gasteiger partial charge is 0.494 e. The second kappa shape index (κ2) is 6.80. The lowest BCUT2D eigenvalue weighted by Crippen LogP contribution is -2.39. The van der Waals surface area contributed by atoms with E-state index in [1.54, 1.807) is 0 Å². The Morgan fingerprint density at radius 1 is 1.32 bits per heavy atom. The number of hydrogen-bond acceptors (Lipinski definition) is 3. The van der Waals surface area contributed by atoms with E-state index in [1.165, 1.54) is 5.69 Å². The Bertz CT molecular complexity index is 384. The molecule has 1 aromatic rings. The van der Waals surface area contributed by atoms with Gasteiger partial charge in [0.15, 0.2) is 0 Å². The normalized spacial score (nSPS) is 16.9. The lowest BCUT2D eigenvalue weighted by Gasteiger charge is -2.32. The lowest BCUT2D eigenvalue weighted by atomic mass is 10.1. The molecule has 0 amide bonds. The van der Waals surface area contributed by atoms with Gasteiger partial charge < -0.3 is 15.4 Å². The monoisotopic (exact) mass is 262 g/mol. The van der Waals surface area contributed by atoms with Gasteiger partial charge in [0.2, 0.25) is 0 Å². The summed E-state index contributed by atoms with van der Waals surface area (Å²) in [5, 5.41) is 0. The first-order chi connectivity index (χ1) is 9.15. The number of hydrogen-bond donors (Lipinski definition) is 1. The minimum Gasteiger partial charge on any atom is -0.494 e. The van der Waals surface area contributed by atoms with Crippen LogP contribution in [0.5, 0.6) is 5.75 Å². The van der Waals surface area contributed by atoms with Gasteiger partial charge in [-0.25, -0.2) is 0 Å². The van der Waals surface area contributed by atoms with Crippen LogP contribution < -0.4 is 15.4 Å². The van der Waals surface area contributed by atoms with Crippen molar-refractivity contribution in [3.8, 4) is 5.75 Å². The minimum atomic E-state index is 0.377. The van der Waals surface area contributed by atoms with Crippen LogP contribution >= 0.6 is 0 Å². The molecule has 19 heavy (non-hydrogen) atoms. The van der Waals surface area contributed by atoms with E-state index in [0.29, 0.717) is 12.0 Å². The maximum Gasteiger partial charge on any atom is 0.121 e. The summed E-state index contributed by atoms with van der Waals surface area (Å²) in [4.78, 5) is 2.40. The Morgan fingerprint density at radius 2 is 2.05 bits per heavy atom. The van der Waals surface area contributed by atoms with Crippen LogP contribution in [-0.2, 0) is 0 Å². The van der Waals surface area contributed by atoms with E-state index in [-0.39, 0.29) is 0 Å². The quantitative estimate of drug-likeness (QED) is 0.886. The Kier molecular flexibility index (Phi) is 5.08. The number of anilines is 1.